The van der Waals surface area contributed by atoms with Crippen LogP contribution in [0.3, 0.4) is 0 Å². The van der Waals surface area contributed by atoms with Gasteiger partial charge in [-0.1, -0.05) is 0 Å². The highest BCUT2D eigenvalue weighted by Gasteiger charge is 2.15. The van der Waals surface area contributed by atoms with E-state index < -0.39 is 11.8 Å². The third-order valence-corrected chi connectivity index (χ3v) is 4.33. The predicted octanol–water partition coefficient (Wildman–Crippen LogP) is 1.67. The maximum absolute atomic E-state index is 12.6. The predicted molar refractivity (Wildman–Crippen MR) is 120 cm³/mol. The van der Waals surface area contributed by atoms with Crippen molar-refractivity contribution in [3.05, 3.63) is 69.8 Å². The molecule has 1 aromatic heterocycles. The molecule has 0 aliphatic rings. The Labute approximate surface area is 191 Å². The molecule has 170 valence electrons. The number of carbonyl (C=O) groups is 6. The first kappa shape index (κ1) is 23.5. The van der Waals surface area contributed by atoms with Crippen LogP contribution in [0.4, 0.5) is 17.8 Å². The Balaban J connectivity index is 1.88. The third kappa shape index (κ3) is 5.56. The van der Waals surface area contributed by atoms with Crippen molar-refractivity contribution in [2.24, 2.45) is 0 Å². The Morgan fingerprint density at radius 3 is 1.21 bits per heavy atom. The minimum atomic E-state index is -0.716. The van der Waals surface area contributed by atoms with Crippen LogP contribution < -0.4 is 16.0 Å². The summed E-state index contributed by atoms with van der Waals surface area (Å²) in [6, 6.07) is 7.77. The van der Waals surface area contributed by atoms with Crippen LogP contribution in [-0.4, -0.2) is 59.0 Å². The van der Waals surface area contributed by atoms with Gasteiger partial charge in [0.1, 0.15) is 25.1 Å². The first-order valence-corrected chi connectivity index (χ1v) is 9.56. The first-order valence-electron chi connectivity index (χ1n) is 9.56. The normalized spacial score (nSPS) is 10.0. The molecule has 12 heteroatoms. The quantitative estimate of drug-likeness (QED) is 0.398. The summed E-state index contributed by atoms with van der Waals surface area (Å²) in [6.45, 7) is 0. The Kier molecular flexibility index (Phi) is 7.24. The van der Waals surface area contributed by atoms with Crippen LogP contribution in [0.15, 0.2) is 36.4 Å². The average Bonchev–Trinajstić information content (AvgIpc) is 2.87. The van der Waals surface area contributed by atoms with Crippen molar-refractivity contribution in [1.82, 2.24) is 15.0 Å². The Hall–Kier alpha value is -5.13. The maximum Gasteiger partial charge on any atom is 0.258 e. The Morgan fingerprint density at radius 2 is 0.912 bits per heavy atom. The summed E-state index contributed by atoms with van der Waals surface area (Å²) in [5.41, 5.74) is 0.526. The lowest BCUT2D eigenvalue weighted by Crippen LogP contribution is -2.19. The summed E-state index contributed by atoms with van der Waals surface area (Å²) in [5.74, 6) is -1.90. The second kappa shape index (κ2) is 10.5. The molecule has 1 heterocycles. The number of anilines is 3. The van der Waals surface area contributed by atoms with E-state index in [2.05, 4.69) is 30.9 Å². The van der Waals surface area contributed by atoms with Gasteiger partial charge < -0.3 is 5.32 Å². The monoisotopic (exact) mass is 460 g/mol. The van der Waals surface area contributed by atoms with Gasteiger partial charge in [0.15, 0.2) is 0 Å². The van der Waals surface area contributed by atoms with Gasteiger partial charge in [0, 0.05) is 40.4 Å². The van der Waals surface area contributed by atoms with Crippen LogP contribution >= 0.6 is 0 Å². The number of rotatable bonds is 9. The van der Waals surface area contributed by atoms with E-state index >= 15 is 0 Å². The highest BCUT2D eigenvalue weighted by molar-refractivity contribution is 6.06. The topological polar surface area (TPSA) is 177 Å². The first-order chi connectivity index (χ1) is 16.4. The molecule has 0 spiro atoms. The Bertz CT molecular complexity index is 1170. The molecule has 0 saturated heterocycles. The summed E-state index contributed by atoms with van der Waals surface area (Å²) in [6.07, 6.45) is 1.98. The minimum absolute atomic E-state index is 0.00560. The van der Waals surface area contributed by atoms with E-state index in [9.17, 15) is 28.8 Å². The highest BCUT2D eigenvalue weighted by Crippen LogP contribution is 2.15. The molecular weight excluding hydrogens is 444 g/mol. The van der Waals surface area contributed by atoms with E-state index in [0.717, 1.165) is 0 Å². The van der Waals surface area contributed by atoms with Gasteiger partial charge in [-0.3, -0.25) is 39.4 Å². The van der Waals surface area contributed by atoms with Crippen LogP contribution in [0.2, 0.25) is 0 Å². The van der Waals surface area contributed by atoms with Crippen molar-refractivity contribution >= 4 is 54.8 Å². The van der Waals surface area contributed by atoms with E-state index in [1.54, 1.807) is 0 Å². The molecule has 3 N–H and O–H groups in total. The zero-order chi connectivity index (χ0) is 24.7. The zero-order valence-electron chi connectivity index (χ0n) is 17.6. The second-order valence-electron chi connectivity index (χ2n) is 6.71. The van der Waals surface area contributed by atoms with Crippen LogP contribution in [0.5, 0.6) is 0 Å². The van der Waals surface area contributed by atoms with Gasteiger partial charge in [0.2, 0.25) is 17.8 Å². The molecule has 2 amide bonds. The van der Waals surface area contributed by atoms with E-state index in [0.29, 0.717) is 25.1 Å². The van der Waals surface area contributed by atoms with Crippen LogP contribution in [0.1, 0.15) is 62.1 Å². The van der Waals surface area contributed by atoms with Crippen LogP contribution in [0, 0.1) is 0 Å². The van der Waals surface area contributed by atoms with Gasteiger partial charge in [-0.25, -0.2) is 0 Å². The molecule has 0 radical (unpaired) electrons. The molecule has 0 aliphatic carbocycles. The lowest BCUT2D eigenvalue weighted by atomic mass is 10.1. The molecule has 3 rings (SSSR count). The average molecular weight is 460 g/mol. The zero-order valence-corrected chi connectivity index (χ0v) is 17.6. The number of benzene rings is 2. The summed E-state index contributed by atoms with van der Waals surface area (Å²) >= 11 is 0. The van der Waals surface area contributed by atoms with Crippen molar-refractivity contribution in [2.45, 2.75) is 0 Å². The number of nitrogens with zero attached hydrogens (tertiary/aromatic N) is 3. The largest absolute Gasteiger partial charge is 0.357 e. The van der Waals surface area contributed by atoms with Gasteiger partial charge in [-0.2, -0.15) is 15.0 Å². The number of carbonyl (C=O) groups excluding carboxylic acids is 6. The standard InChI is InChI=1S/C22H16N6O6/c1-23-20-26-21(24-18(33)16-4-12(8-29)2-13(5-16)9-30)28-22(27-20)25-19(34)17-6-14(10-31)3-15(7-17)11-32/h2-11H,1H3,(H3,23,24,25,26,27,28,33,34). The fourth-order valence-electron chi connectivity index (χ4n) is 2.83. The summed E-state index contributed by atoms with van der Waals surface area (Å²) in [4.78, 5) is 81.5. The van der Waals surface area contributed by atoms with E-state index in [1.807, 2.05) is 0 Å². The number of hydrogen-bond acceptors (Lipinski definition) is 10. The van der Waals surface area contributed by atoms with Gasteiger partial charge in [0.25, 0.3) is 11.8 Å². The molecular formula is C22H16N6O6. The molecule has 0 unspecified atom stereocenters. The lowest BCUT2D eigenvalue weighted by molar-refractivity contribution is 0.101. The number of hydrogen-bond donors (Lipinski definition) is 3. The summed E-state index contributed by atoms with van der Waals surface area (Å²) in [5, 5.41) is 7.47. The van der Waals surface area contributed by atoms with Gasteiger partial charge >= 0.3 is 0 Å². The van der Waals surface area contributed by atoms with Crippen LogP contribution in [-0.2, 0) is 0 Å². The van der Waals surface area contributed by atoms with Crippen molar-refractivity contribution in [1.29, 1.82) is 0 Å². The van der Waals surface area contributed by atoms with E-state index in [1.165, 1.54) is 43.4 Å². The molecule has 0 aliphatic heterocycles. The van der Waals surface area contributed by atoms with Gasteiger partial charge in [-0.05, 0) is 36.4 Å². The lowest BCUT2D eigenvalue weighted by Gasteiger charge is -2.10. The SMILES string of the molecule is CNc1nc(NC(=O)c2cc(C=O)cc(C=O)c2)nc(NC(=O)c2cc(C=O)cc(C=O)c2)n1. The molecule has 0 saturated carbocycles. The fraction of sp³-hybridized carbons (Fsp3) is 0.0455. The van der Waals surface area contributed by atoms with Crippen molar-refractivity contribution in [2.75, 3.05) is 23.0 Å². The van der Waals surface area contributed by atoms with Crippen molar-refractivity contribution in [3.8, 4) is 0 Å². The number of aromatic nitrogens is 3. The maximum atomic E-state index is 12.6. The molecule has 0 bridgehead atoms. The van der Waals surface area contributed by atoms with E-state index in [4.69, 9.17) is 0 Å². The van der Waals surface area contributed by atoms with E-state index in [-0.39, 0.29) is 51.2 Å². The third-order valence-electron chi connectivity index (χ3n) is 4.33. The number of nitrogens with one attached hydrogen (secondary N) is 3. The second-order valence-corrected chi connectivity index (χ2v) is 6.71. The van der Waals surface area contributed by atoms with Crippen LogP contribution in [0.25, 0.3) is 0 Å². The van der Waals surface area contributed by atoms with Crippen molar-refractivity contribution in [3.63, 3.8) is 0 Å². The fourth-order valence-corrected chi connectivity index (χ4v) is 2.83. The molecule has 34 heavy (non-hydrogen) atoms. The molecule has 0 fully saturated rings. The molecule has 12 nitrogen and oxygen atoms in total. The van der Waals surface area contributed by atoms with Crippen molar-refractivity contribution < 1.29 is 28.8 Å². The summed E-state index contributed by atoms with van der Waals surface area (Å²) < 4.78 is 0. The summed E-state index contributed by atoms with van der Waals surface area (Å²) in [7, 11) is 1.50. The smallest absolute Gasteiger partial charge is 0.258 e. The van der Waals surface area contributed by atoms with Gasteiger partial charge in [0.05, 0.1) is 0 Å². The number of amides is 2. The highest BCUT2D eigenvalue weighted by atomic mass is 16.2. The Morgan fingerprint density at radius 1 is 0.588 bits per heavy atom. The number of aldehydes is 4. The minimum Gasteiger partial charge on any atom is -0.357 e. The molecule has 2 aromatic carbocycles. The van der Waals surface area contributed by atoms with Gasteiger partial charge in [-0.15, -0.1) is 0 Å². The molecule has 3 aromatic rings. The molecule has 0 atom stereocenters.